The van der Waals surface area contributed by atoms with Crippen LogP contribution < -0.4 is 5.73 Å². The van der Waals surface area contributed by atoms with E-state index in [1.807, 2.05) is 0 Å². The molecular formula is C28H57NO2. The molecule has 0 fully saturated rings. The Bertz CT molecular complexity index is 382. The highest BCUT2D eigenvalue weighted by atomic mass is 16.3. The van der Waals surface area contributed by atoms with E-state index in [1.54, 1.807) is 0 Å². The first-order chi connectivity index (χ1) is 15.0. The zero-order valence-electron chi connectivity index (χ0n) is 21.4. The van der Waals surface area contributed by atoms with E-state index >= 15 is 0 Å². The predicted molar refractivity (Wildman–Crippen MR) is 137 cm³/mol. The smallest absolute Gasteiger partial charge is 0.0557 e. The number of aliphatic hydroxyl groups is 2. The maximum Gasteiger partial charge on any atom is 0.0557 e. The van der Waals surface area contributed by atoms with E-state index in [0.717, 1.165) is 38.5 Å². The van der Waals surface area contributed by atoms with Gasteiger partial charge < -0.3 is 15.9 Å². The second kappa shape index (κ2) is 21.5. The van der Waals surface area contributed by atoms with Gasteiger partial charge >= 0.3 is 0 Å². The van der Waals surface area contributed by atoms with Gasteiger partial charge in [0, 0.05) is 5.54 Å². The molecule has 0 radical (unpaired) electrons. The van der Waals surface area contributed by atoms with Gasteiger partial charge in [0.25, 0.3) is 0 Å². The average molecular weight is 440 g/mol. The molecule has 2 unspecified atom stereocenters. The van der Waals surface area contributed by atoms with Gasteiger partial charge in [-0.05, 0) is 57.8 Å². The van der Waals surface area contributed by atoms with Crippen LogP contribution in [0.25, 0.3) is 0 Å². The number of unbranched alkanes of at least 4 members (excludes halogenated alkanes) is 11. The van der Waals surface area contributed by atoms with Crippen molar-refractivity contribution in [1.82, 2.24) is 0 Å². The lowest BCUT2D eigenvalue weighted by atomic mass is 9.81. The third kappa shape index (κ3) is 20.0. The molecule has 3 nitrogen and oxygen atoms in total. The second-order valence-corrected chi connectivity index (χ2v) is 9.99. The molecular weight excluding hydrogens is 382 g/mol. The van der Waals surface area contributed by atoms with E-state index < -0.39 is 5.54 Å². The van der Waals surface area contributed by atoms with Gasteiger partial charge in [0.15, 0.2) is 0 Å². The minimum Gasteiger partial charge on any atom is -0.393 e. The summed E-state index contributed by atoms with van der Waals surface area (Å²) >= 11 is 0. The Labute approximate surface area is 195 Å². The number of hydrogen-bond acceptors (Lipinski definition) is 3. The summed E-state index contributed by atoms with van der Waals surface area (Å²) in [4.78, 5) is 0. The predicted octanol–water partition coefficient (Wildman–Crippen LogP) is 7.82. The van der Waals surface area contributed by atoms with Crippen LogP contribution in [0.1, 0.15) is 149 Å². The van der Waals surface area contributed by atoms with Gasteiger partial charge in [-0.25, -0.2) is 0 Å². The van der Waals surface area contributed by atoms with Crippen LogP contribution in [0.15, 0.2) is 12.2 Å². The summed E-state index contributed by atoms with van der Waals surface area (Å²) in [7, 11) is 0. The van der Waals surface area contributed by atoms with Crippen LogP contribution in [0.2, 0.25) is 0 Å². The van der Waals surface area contributed by atoms with Gasteiger partial charge in [0.05, 0.1) is 12.2 Å². The molecule has 0 aliphatic rings. The number of nitrogens with two attached hydrogens (primary N) is 1. The van der Waals surface area contributed by atoms with Crippen LogP contribution in [-0.2, 0) is 0 Å². The van der Waals surface area contributed by atoms with Crippen molar-refractivity contribution in [1.29, 1.82) is 0 Å². The first-order valence-corrected chi connectivity index (χ1v) is 13.8. The molecule has 0 saturated heterocycles. The lowest BCUT2D eigenvalue weighted by Crippen LogP contribution is -2.45. The molecule has 3 heteroatoms. The van der Waals surface area contributed by atoms with Gasteiger partial charge in [-0.3, -0.25) is 0 Å². The zero-order valence-corrected chi connectivity index (χ0v) is 21.4. The van der Waals surface area contributed by atoms with Crippen molar-refractivity contribution in [3.63, 3.8) is 0 Å². The largest absolute Gasteiger partial charge is 0.393 e. The van der Waals surface area contributed by atoms with E-state index in [-0.39, 0.29) is 12.2 Å². The molecule has 0 rings (SSSR count). The van der Waals surface area contributed by atoms with Gasteiger partial charge in [0.1, 0.15) is 0 Å². The fourth-order valence-electron chi connectivity index (χ4n) is 4.64. The Morgan fingerprint density at radius 2 is 1.03 bits per heavy atom. The van der Waals surface area contributed by atoms with Crippen molar-refractivity contribution in [2.75, 3.05) is 0 Å². The highest BCUT2D eigenvalue weighted by molar-refractivity contribution is 4.89. The first kappa shape index (κ1) is 30.6. The van der Waals surface area contributed by atoms with Crippen molar-refractivity contribution in [2.45, 2.75) is 167 Å². The van der Waals surface area contributed by atoms with Gasteiger partial charge in [-0.15, -0.1) is 0 Å². The molecule has 4 N–H and O–H groups in total. The summed E-state index contributed by atoms with van der Waals surface area (Å²) in [5.74, 6) is 0. The summed E-state index contributed by atoms with van der Waals surface area (Å²) in [5.41, 5.74) is 6.26. The minimum atomic E-state index is -0.428. The molecule has 0 spiro atoms. The highest BCUT2D eigenvalue weighted by Gasteiger charge is 2.29. The van der Waals surface area contributed by atoms with Crippen LogP contribution in [0, 0.1) is 0 Å². The van der Waals surface area contributed by atoms with Crippen molar-refractivity contribution >= 4 is 0 Å². The Hall–Kier alpha value is -0.380. The molecule has 2 atom stereocenters. The molecule has 0 aromatic carbocycles. The quantitative estimate of drug-likeness (QED) is 0.112. The summed E-state index contributed by atoms with van der Waals surface area (Å²) in [6.07, 6.45) is 26.6. The average Bonchev–Trinajstić information content (AvgIpc) is 2.71. The normalized spacial score (nSPS) is 15.9. The molecule has 0 saturated carbocycles. The van der Waals surface area contributed by atoms with Gasteiger partial charge in [-0.2, -0.15) is 0 Å². The lowest BCUT2D eigenvalue weighted by Gasteiger charge is -2.34. The molecule has 31 heavy (non-hydrogen) atoms. The summed E-state index contributed by atoms with van der Waals surface area (Å²) in [6, 6.07) is 0. The summed E-state index contributed by atoms with van der Waals surface area (Å²) in [5, 5.41) is 20.6. The van der Waals surface area contributed by atoms with Crippen molar-refractivity contribution < 1.29 is 10.2 Å². The van der Waals surface area contributed by atoms with Crippen molar-refractivity contribution in [3.05, 3.63) is 12.2 Å². The van der Waals surface area contributed by atoms with E-state index in [0.29, 0.717) is 12.8 Å². The van der Waals surface area contributed by atoms with Crippen LogP contribution in [0.3, 0.4) is 0 Å². The topological polar surface area (TPSA) is 66.5 Å². The standard InChI is InChI=1S/C28H57NO2/c1-4-7-8-9-10-11-12-13-14-15-16-17-18-19-20-23-28(29,24-26(30)21-5-2)25-27(31)22-6-3/h13-14,26-27,30-31H,4-12,15-25,29H2,1-3H3/b14-13-. The SMILES string of the molecule is CCCCCCCC/C=C\CCCCCCCC(N)(CC(O)CCC)CC(O)CCC. The number of allylic oxidation sites excluding steroid dienone is 2. The van der Waals surface area contributed by atoms with Gasteiger partial charge in [-0.1, -0.05) is 104 Å². The maximum absolute atomic E-state index is 10.3. The second-order valence-electron chi connectivity index (χ2n) is 9.99. The van der Waals surface area contributed by atoms with Crippen LogP contribution in [0.5, 0.6) is 0 Å². The molecule has 0 amide bonds. The molecule has 0 aliphatic heterocycles. The summed E-state index contributed by atoms with van der Waals surface area (Å²) < 4.78 is 0. The fraction of sp³-hybridized carbons (Fsp3) is 0.929. The lowest BCUT2D eigenvalue weighted by molar-refractivity contribution is 0.0749. The van der Waals surface area contributed by atoms with E-state index in [9.17, 15) is 10.2 Å². The Kier molecular flexibility index (Phi) is 21.2. The number of hydrogen-bond donors (Lipinski definition) is 3. The van der Waals surface area contributed by atoms with Gasteiger partial charge in [0.2, 0.25) is 0 Å². The molecule has 186 valence electrons. The Morgan fingerprint density at radius 1 is 0.613 bits per heavy atom. The molecule has 0 heterocycles. The monoisotopic (exact) mass is 439 g/mol. The number of aliphatic hydroxyl groups excluding tert-OH is 2. The Morgan fingerprint density at radius 3 is 1.48 bits per heavy atom. The Balaban J connectivity index is 3.89. The third-order valence-corrected chi connectivity index (χ3v) is 6.46. The summed E-state index contributed by atoms with van der Waals surface area (Å²) in [6.45, 7) is 6.46. The van der Waals surface area contributed by atoms with E-state index in [2.05, 4.69) is 32.9 Å². The fourth-order valence-corrected chi connectivity index (χ4v) is 4.64. The van der Waals surface area contributed by atoms with Crippen LogP contribution in [0.4, 0.5) is 0 Å². The maximum atomic E-state index is 10.3. The molecule has 0 aromatic rings. The number of rotatable bonds is 23. The van der Waals surface area contributed by atoms with Crippen LogP contribution in [-0.4, -0.2) is 28.0 Å². The zero-order chi connectivity index (χ0) is 23.2. The van der Waals surface area contributed by atoms with E-state index in [1.165, 1.54) is 77.0 Å². The third-order valence-electron chi connectivity index (χ3n) is 6.46. The van der Waals surface area contributed by atoms with Crippen LogP contribution >= 0.6 is 0 Å². The minimum absolute atomic E-state index is 0.341. The first-order valence-electron chi connectivity index (χ1n) is 13.8. The van der Waals surface area contributed by atoms with Crippen molar-refractivity contribution in [2.24, 2.45) is 5.73 Å². The molecule has 0 aliphatic carbocycles. The molecule has 0 aromatic heterocycles. The van der Waals surface area contributed by atoms with E-state index in [4.69, 9.17) is 5.73 Å². The molecule has 0 bridgehead atoms. The van der Waals surface area contributed by atoms with Crippen molar-refractivity contribution in [3.8, 4) is 0 Å². The highest BCUT2D eigenvalue weighted by Crippen LogP contribution is 2.27.